The van der Waals surface area contributed by atoms with Gasteiger partial charge in [0.25, 0.3) is 0 Å². The van der Waals surface area contributed by atoms with E-state index in [1.54, 1.807) is 0 Å². The zero-order valence-corrected chi connectivity index (χ0v) is 12.3. The summed E-state index contributed by atoms with van der Waals surface area (Å²) in [5, 5.41) is 5.16. The van der Waals surface area contributed by atoms with Crippen LogP contribution < -0.4 is 11.1 Å². The minimum atomic E-state index is -0.474. The van der Waals surface area contributed by atoms with Crippen molar-refractivity contribution in [3.05, 3.63) is 48.0 Å². The summed E-state index contributed by atoms with van der Waals surface area (Å²) in [6.07, 6.45) is 0.0550. The first-order chi connectivity index (χ1) is 10.6. The molecule has 5 heteroatoms. The van der Waals surface area contributed by atoms with Crippen LogP contribution in [0.4, 0.5) is 0 Å². The maximum Gasteiger partial charge on any atom is 0.237 e. The number of carbonyl (C=O) groups excluding carboxylic acids is 2. The number of nitrogens with one attached hydrogen (secondary N) is 1. The Kier molecular flexibility index (Phi) is 4.06. The van der Waals surface area contributed by atoms with Crippen molar-refractivity contribution in [1.29, 1.82) is 0 Å². The lowest BCUT2D eigenvalue weighted by atomic mass is 10.0. The SMILES string of the molecule is NC(=O)CC1C(=O)NCCN1Cc1ccc2ccccc2c1. The molecule has 22 heavy (non-hydrogen) atoms. The maximum atomic E-state index is 12.0. The third-order valence-corrected chi connectivity index (χ3v) is 4.04. The first kappa shape index (κ1) is 14.5. The molecule has 1 saturated heterocycles. The minimum Gasteiger partial charge on any atom is -0.370 e. The molecule has 0 aliphatic carbocycles. The Morgan fingerprint density at radius 1 is 1.23 bits per heavy atom. The third-order valence-electron chi connectivity index (χ3n) is 4.04. The highest BCUT2D eigenvalue weighted by atomic mass is 16.2. The van der Waals surface area contributed by atoms with Crippen LogP contribution in [0.15, 0.2) is 42.5 Å². The van der Waals surface area contributed by atoms with Crippen LogP contribution in [0.5, 0.6) is 0 Å². The van der Waals surface area contributed by atoms with E-state index in [1.165, 1.54) is 10.8 Å². The number of hydrogen-bond donors (Lipinski definition) is 2. The predicted molar refractivity (Wildman–Crippen MR) is 85.0 cm³/mol. The Balaban J connectivity index is 1.81. The molecule has 0 radical (unpaired) electrons. The topological polar surface area (TPSA) is 75.4 Å². The second-order valence-corrected chi connectivity index (χ2v) is 5.63. The molecule has 5 nitrogen and oxygen atoms in total. The first-order valence-electron chi connectivity index (χ1n) is 7.41. The van der Waals surface area contributed by atoms with Crippen molar-refractivity contribution < 1.29 is 9.59 Å². The predicted octanol–water partition coefficient (Wildman–Crippen LogP) is 1.02. The normalized spacial score (nSPS) is 19.1. The van der Waals surface area contributed by atoms with Crippen molar-refractivity contribution in [2.24, 2.45) is 5.73 Å². The summed E-state index contributed by atoms with van der Waals surface area (Å²) in [5.41, 5.74) is 6.40. The molecule has 3 N–H and O–H groups in total. The molecule has 0 saturated carbocycles. The lowest BCUT2D eigenvalue weighted by Gasteiger charge is -2.34. The van der Waals surface area contributed by atoms with Crippen LogP contribution in [-0.4, -0.2) is 35.8 Å². The number of primary amides is 1. The van der Waals surface area contributed by atoms with Gasteiger partial charge in [0.15, 0.2) is 0 Å². The number of benzene rings is 2. The van der Waals surface area contributed by atoms with Crippen LogP contribution in [0.2, 0.25) is 0 Å². The number of nitrogens with zero attached hydrogens (tertiary/aromatic N) is 1. The zero-order chi connectivity index (χ0) is 15.5. The van der Waals surface area contributed by atoms with Crippen molar-refractivity contribution in [3.8, 4) is 0 Å². The molecule has 0 bridgehead atoms. The van der Waals surface area contributed by atoms with E-state index in [2.05, 4.69) is 35.6 Å². The van der Waals surface area contributed by atoms with Gasteiger partial charge in [0, 0.05) is 19.6 Å². The molecule has 0 spiro atoms. The van der Waals surface area contributed by atoms with Gasteiger partial charge in [0.05, 0.1) is 12.5 Å². The number of piperazine rings is 1. The fraction of sp³-hybridized carbons (Fsp3) is 0.294. The van der Waals surface area contributed by atoms with Gasteiger partial charge in [0.1, 0.15) is 0 Å². The molecule has 0 aromatic heterocycles. The Morgan fingerprint density at radius 3 is 2.77 bits per heavy atom. The van der Waals surface area contributed by atoms with Crippen LogP contribution >= 0.6 is 0 Å². The molecule has 1 atom stereocenters. The van der Waals surface area contributed by atoms with E-state index in [-0.39, 0.29) is 12.3 Å². The van der Waals surface area contributed by atoms with Crippen molar-refractivity contribution in [3.63, 3.8) is 0 Å². The van der Waals surface area contributed by atoms with Gasteiger partial charge in [-0.2, -0.15) is 0 Å². The van der Waals surface area contributed by atoms with E-state index < -0.39 is 11.9 Å². The van der Waals surface area contributed by atoms with E-state index in [0.29, 0.717) is 13.1 Å². The van der Waals surface area contributed by atoms with Gasteiger partial charge in [-0.25, -0.2) is 0 Å². The Bertz CT molecular complexity index is 714. The van der Waals surface area contributed by atoms with E-state index in [1.807, 2.05) is 17.0 Å². The van der Waals surface area contributed by atoms with Crippen molar-refractivity contribution in [2.45, 2.75) is 19.0 Å². The molecule has 1 unspecified atom stereocenters. The largest absolute Gasteiger partial charge is 0.370 e. The van der Waals surface area contributed by atoms with Gasteiger partial charge in [-0.3, -0.25) is 14.5 Å². The average molecular weight is 297 g/mol. The molecule has 1 aliphatic heterocycles. The number of rotatable bonds is 4. The maximum absolute atomic E-state index is 12.0. The molecule has 2 amide bonds. The molecule has 2 aromatic rings. The van der Waals surface area contributed by atoms with Crippen LogP contribution in [0, 0.1) is 0 Å². The van der Waals surface area contributed by atoms with Gasteiger partial charge in [-0.05, 0) is 22.4 Å². The Morgan fingerprint density at radius 2 is 2.00 bits per heavy atom. The molecule has 3 rings (SSSR count). The summed E-state index contributed by atoms with van der Waals surface area (Å²) in [6, 6.07) is 14.0. The van der Waals surface area contributed by atoms with E-state index in [4.69, 9.17) is 5.73 Å². The average Bonchev–Trinajstić information content (AvgIpc) is 2.50. The summed E-state index contributed by atoms with van der Waals surface area (Å²) < 4.78 is 0. The number of carbonyl (C=O) groups is 2. The Labute approximate surface area is 129 Å². The summed E-state index contributed by atoms with van der Waals surface area (Å²) in [4.78, 5) is 25.2. The quantitative estimate of drug-likeness (QED) is 0.884. The highest BCUT2D eigenvalue weighted by Gasteiger charge is 2.30. The number of amides is 2. The molecular formula is C17H19N3O2. The van der Waals surface area contributed by atoms with E-state index in [0.717, 1.165) is 12.1 Å². The van der Waals surface area contributed by atoms with Crippen molar-refractivity contribution in [2.75, 3.05) is 13.1 Å². The Hall–Kier alpha value is -2.40. The zero-order valence-electron chi connectivity index (χ0n) is 12.3. The summed E-state index contributed by atoms with van der Waals surface area (Å²) >= 11 is 0. The van der Waals surface area contributed by atoms with Gasteiger partial charge < -0.3 is 11.1 Å². The molecular weight excluding hydrogens is 278 g/mol. The standard InChI is InChI=1S/C17H19N3O2/c18-16(21)10-15-17(22)19-7-8-20(15)11-12-5-6-13-3-1-2-4-14(13)9-12/h1-6,9,15H,7-8,10-11H2,(H2,18,21)(H,19,22). The van der Waals surface area contributed by atoms with Gasteiger partial charge in [0.2, 0.25) is 11.8 Å². The number of hydrogen-bond acceptors (Lipinski definition) is 3. The fourth-order valence-electron chi connectivity index (χ4n) is 2.94. The van der Waals surface area contributed by atoms with Crippen molar-refractivity contribution in [1.82, 2.24) is 10.2 Å². The van der Waals surface area contributed by atoms with E-state index in [9.17, 15) is 9.59 Å². The smallest absolute Gasteiger partial charge is 0.237 e. The van der Waals surface area contributed by atoms with E-state index >= 15 is 0 Å². The summed E-state index contributed by atoms with van der Waals surface area (Å²) in [6.45, 7) is 1.95. The fourth-order valence-corrected chi connectivity index (χ4v) is 2.94. The highest BCUT2D eigenvalue weighted by molar-refractivity contribution is 5.88. The molecule has 1 heterocycles. The van der Waals surface area contributed by atoms with Gasteiger partial charge in [-0.1, -0.05) is 36.4 Å². The minimum absolute atomic E-state index is 0.0550. The lowest BCUT2D eigenvalue weighted by molar-refractivity contribution is -0.133. The van der Waals surface area contributed by atoms with Crippen LogP contribution in [-0.2, 0) is 16.1 Å². The number of nitrogens with two attached hydrogens (primary N) is 1. The molecule has 114 valence electrons. The van der Waals surface area contributed by atoms with Crippen LogP contribution in [0.25, 0.3) is 10.8 Å². The summed E-state index contributed by atoms with van der Waals surface area (Å²) in [7, 11) is 0. The van der Waals surface area contributed by atoms with Crippen molar-refractivity contribution >= 4 is 22.6 Å². The highest BCUT2D eigenvalue weighted by Crippen LogP contribution is 2.19. The summed E-state index contributed by atoms with van der Waals surface area (Å²) in [5.74, 6) is -0.573. The molecule has 1 fully saturated rings. The van der Waals surface area contributed by atoms with Gasteiger partial charge in [-0.15, -0.1) is 0 Å². The monoisotopic (exact) mass is 297 g/mol. The van der Waals surface area contributed by atoms with Crippen LogP contribution in [0.3, 0.4) is 0 Å². The molecule has 2 aromatic carbocycles. The third kappa shape index (κ3) is 3.09. The second kappa shape index (κ2) is 6.15. The molecule has 1 aliphatic rings. The van der Waals surface area contributed by atoms with Crippen LogP contribution in [0.1, 0.15) is 12.0 Å². The lowest BCUT2D eigenvalue weighted by Crippen LogP contribution is -2.55. The van der Waals surface area contributed by atoms with Gasteiger partial charge >= 0.3 is 0 Å². The number of fused-ring (bicyclic) bond motifs is 1. The second-order valence-electron chi connectivity index (χ2n) is 5.63. The first-order valence-corrected chi connectivity index (χ1v) is 7.41.